The van der Waals surface area contributed by atoms with Gasteiger partial charge in [-0.15, -0.1) is 0 Å². The summed E-state index contributed by atoms with van der Waals surface area (Å²) < 4.78 is 6.58. The van der Waals surface area contributed by atoms with E-state index in [-0.39, 0.29) is 12.5 Å². The molecule has 1 aromatic heterocycles. The van der Waals surface area contributed by atoms with Crippen LogP contribution in [-0.2, 0) is 29.2 Å². The molecule has 0 atom stereocenters. The third-order valence-electron chi connectivity index (χ3n) is 2.76. The molecule has 0 aliphatic rings. The first kappa shape index (κ1) is 14.1. The summed E-state index contributed by atoms with van der Waals surface area (Å²) in [7, 11) is 1.66. The number of nitrogens with one attached hydrogen (secondary N) is 1. The quantitative estimate of drug-likeness (QED) is 0.821. The molecule has 20 heavy (non-hydrogen) atoms. The molecule has 2 aromatic rings. The molecular formula is C14H18N4O2. The zero-order valence-electron chi connectivity index (χ0n) is 11.4. The molecule has 0 bridgehead atoms. The predicted octanol–water partition coefficient (Wildman–Crippen LogP) is 0.928. The lowest BCUT2D eigenvalue weighted by atomic mass is 10.1. The molecule has 1 aromatic carbocycles. The summed E-state index contributed by atoms with van der Waals surface area (Å²) >= 11 is 0. The number of amides is 1. The van der Waals surface area contributed by atoms with Crippen molar-refractivity contribution in [1.82, 2.24) is 15.1 Å². The SMILES string of the molecule is COCc1cccc(CNC(=O)Cn2ccc(N)n2)c1. The molecule has 3 N–H and O–H groups in total. The van der Waals surface area contributed by atoms with Crippen LogP contribution in [0.5, 0.6) is 0 Å². The molecule has 6 nitrogen and oxygen atoms in total. The highest BCUT2D eigenvalue weighted by molar-refractivity contribution is 5.75. The maximum Gasteiger partial charge on any atom is 0.241 e. The highest BCUT2D eigenvalue weighted by Gasteiger charge is 2.04. The summed E-state index contributed by atoms with van der Waals surface area (Å²) in [6, 6.07) is 9.56. The van der Waals surface area contributed by atoms with Gasteiger partial charge in [0.15, 0.2) is 0 Å². The first-order chi connectivity index (χ1) is 9.67. The summed E-state index contributed by atoms with van der Waals surface area (Å²) in [5.41, 5.74) is 7.61. The minimum absolute atomic E-state index is 0.106. The molecule has 0 unspecified atom stereocenters. The van der Waals surface area contributed by atoms with Gasteiger partial charge in [0.25, 0.3) is 0 Å². The van der Waals surface area contributed by atoms with E-state index in [2.05, 4.69) is 10.4 Å². The molecule has 0 radical (unpaired) electrons. The summed E-state index contributed by atoms with van der Waals surface area (Å²) in [6.07, 6.45) is 1.67. The van der Waals surface area contributed by atoms with E-state index >= 15 is 0 Å². The molecule has 0 fully saturated rings. The van der Waals surface area contributed by atoms with Crippen molar-refractivity contribution in [2.75, 3.05) is 12.8 Å². The lowest BCUT2D eigenvalue weighted by Crippen LogP contribution is -2.27. The Morgan fingerprint density at radius 1 is 1.40 bits per heavy atom. The highest BCUT2D eigenvalue weighted by Crippen LogP contribution is 2.06. The summed E-state index contributed by atoms with van der Waals surface area (Å²) in [5.74, 6) is 0.301. The summed E-state index contributed by atoms with van der Waals surface area (Å²) in [6.45, 7) is 1.20. The first-order valence-corrected chi connectivity index (χ1v) is 6.30. The standard InChI is InChI=1S/C14H18N4O2/c1-20-10-12-4-2-3-11(7-12)8-16-14(19)9-18-6-5-13(15)17-18/h2-7H,8-10H2,1H3,(H2,15,17)(H,16,19). The Labute approximate surface area is 117 Å². The number of nitrogens with zero attached hydrogens (tertiary/aromatic N) is 2. The van der Waals surface area contributed by atoms with Crippen molar-refractivity contribution < 1.29 is 9.53 Å². The van der Waals surface area contributed by atoms with Crippen molar-refractivity contribution in [2.45, 2.75) is 19.7 Å². The maximum absolute atomic E-state index is 11.8. The zero-order chi connectivity index (χ0) is 14.4. The van der Waals surface area contributed by atoms with Gasteiger partial charge in [0.2, 0.25) is 5.91 Å². The molecule has 0 saturated carbocycles. The highest BCUT2D eigenvalue weighted by atomic mass is 16.5. The predicted molar refractivity (Wildman–Crippen MR) is 75.6 cm³/mol. The van der Waals surface area contributed by atoms with E-state index in [1.807, 2.05) is 24.3 Å². The van der Waals surface area contributed by atoms with Crippen LogP contribution in [-0.4, -0.2) is 22.8 Å². The Morgan fingerprint density at radius 2 is 2.20 bits per heavy atom. The average molecular weight is 274 g/mol. The van der Waals surface area contributed by atoms with Crippen LogP contribution >= 0.6 is 0 Å². The van der Waals surface area contributed by atoms with Crippen molar-refractivity contribution in [3.63, 3.8) is 0 Å². The van der Waals surface area contributed by atoms with Gasteiger partial charge >= 0.3 is 0 Å². The van der Waals surface area contributed by atoms with E-state index in [1.165, 1.54) is 4.68 Å². The van der Waals surface area contributed by atoms with Crippen LogP contribution in [0, 0.1) is 0 Å². The molecule has 1 heterocycles. The fourth-order valence-electron chi connectivity index (χ4n) is 1.87. The van der Waals surface area contributed by atoms with E-state index in [0.717, 1.165) is 11.1 Å². The third kappa shape index (κ3) is 4.10. The first-order valence-electron chi connectivity index (χ1n) is 6.30. The number of aromatic nitrogens is 2. The van der Waals surface area contributed by atoms with E-state index < -0.39 is 0 Å². The normalized spacial score (nSPS) is 10.4. The van der Waals surface area contributed by atoms with E-state index in [4.69, 9.17) is 10.5 Å². The Hall–Kier alpha value is -2.34. The Kier molecular flexibility index (Phi) is 4.73. The van der Waals surface area contributed by atoms with Gasteiger partial charge in [-0.05, 0) is 17.2 Å². The van der Waals surface area contributed by atoms with Gasteiger partial charge in [0.05, 0.1) is 6.61 Å². The lowest BCUT2D eigenvalue weighted by Gasteiger charge is -2.07. The number of rotatable bonds is 6. The van der Waals surface area contributed by atoms with E-state index in [9.17, 15) is 4.79 Å². The van der Waals surface area contributed by atoms with Crippen LogP contribution in [0.3, 0.4) is 0 Å². The smallest absolute Gasteiger partial charge is 0.241 e. The van der Waals surface area contributed by atoms with Crippen LogP contribution in [0.2, 0.25) is 0 Å². The molecule has 6 heteroatoms. The zero-order valence-corrected chi connectivity index (χ0v) is 11.4. The number of anilines is 1. The molecule has 0 spiro atoms. The van der Waals surface area contributed by atoms with Crippen molar-refractivity contribution in [3.8, 4) is 0 Å². The second-order valence-corrected chi connectivity index (χ2v) is 4.47. The second kappa shape index (κ2) is 6.72. The van der Waals surface area contributed by atoms with Crippen molar-refractivity contribution in [2.24, 2.45) is 0 Å². The Balaban J connectivity index is 1.85. The number of nitrogen functional groups attached to an aromatic ring is 1. The number of hydrogen-bond acceptors (Lipinski definition) is 4. The molecule has 106 valence electrons. The van der Waals surface area contributed by atoms with Gasteiger partial charge < -0.3 is 15.8 Å². The van der Waals surface area contributed by atoms with Gasteiger partial charge in [-0.25, -0.2) is 0 Å². The number of hydrogen-bond donors (Lipinski definition) is 2. The summed E-state index contributed by atoms with van der Waals surface area (Å²) in [5, 5.41) is 6.81. The maximum atomic E-state index is 11.8. The van der Waals surface area contributed by atoms with Crippen molar-refractivity contribution in [1.29, 1.82) is 0 Å². The molecule has 0 aliphatic carbocycles. The Bertz CT molecular complexity index is 580. The van der Waals surface area contributed by atoms with Gasteiger partial charge in [-0.1, -0.05) is 24.3 Å². The van der Waals surface area contributed by atoms with Gasteiger partial charge in [0.1, 0.15) is 12.4 Å². The third-order valence-corrected chi connectivity index (χ3v) is 2.76. The number of carbonyl (C=O) groups is 1. The number of methoxy groups -OCH3 is 1. The molecule has 2 rings (SSSR count). The minimum atomic E-state index is -0.106. The Morgan fingerprint density at radius 3 is 2.90 bits per heavy atom. The van der Waals surface area contributed by atoms with E-state index in [0.29, 0.717) is 19.0 Å². The van der Waals surface area contributed by atoms with E-state index in [1.54, 1.807) is 19.4 Å². The van der Waals surface area contributed by atoms with Crippen LogP contribution in [0.15, 0.2) is 36.5 Å². The minimum Gasteiger partial charge on any atom is -0.382 e. The lowest BCUT2D eigenvalue weighted by molar-refractivity contribution is -0.122. The fourth-order valence-corrected chi connectivity index (χ4v) is 1.87. The van der Waals surface area contributed by atoms with Gasteiger partial charge in [0, 0.05) is 19.9 Å². The molecular weight excluding hydrogens is 256 g/mol. The number of ether oxygens (including phenoxy) is 1. The number of carbonyl (C=O) groups excluding carboxylic acids is 1. The fraction of sp³-hybridized carbons (Fsp3) is 0.286. The average Bonchev–Trinajstić information content (AvgIpc) is 2.83. The summed E-state index contributed by atoms with van der Waals surface area (Å²) in [4.78, 5) is 11.8. The monoisotopic (exact) mass is 274 g/mol. The van der Waals surface area contributed by atoms with Crippen molar-refractivity contribution in [3.05, 3.63) is 47.7 Å². The molecule has 0 aliphatic heterocycles. The number of nitrogens with two attached hydrogens (primary N) is 1. The largest absolute Gasteiger partial charge is 0.382 e. The second-order valence-electron chi connectivity index (χ2n) is 4.47. The van der Waals surface area contributed by atoms with Crippen LogP contribution in [0.25, 0.3) is 0 Å². The molecule has 1 amide bonds. The van der Waals surface area contributed by atoms with Crippen LogP contribution in [0.1, 0.15) is 11.1 Å². The molecule has 0 saturated heterocycles. The number of benzene rings is 1. The topological polar surface area (TPSA) is 82.2 Å². The van der Waals surface area contributed by atoms with Crippen molar-refractivity contribution >= 4 is 11.7 Å². The van der Waals surface area contributed by atoms with Crippen LogP contribution < -0.4 is 11.1 Å². The van der Waals surface area contributed by atoms with Gasteiger partial charge in [-0.2, -0.15) is 5.10 Å². The van der Waals surface area contributed by atoms with Gasteiger partial charge in [-0.3, -0.25) is 9.48 Å². The van der Waals surface area contributed by atoms with Crippen LogP contribution in [0.4, 0.5) is 5.82 Å².